The Labute approximate surface area is 177 Å². The fourth-order valence-electron chi connectivity index (χ4n) is 3.91. The van der Waals surface area contributed by atoms with Crippen LogP contribution in [-0.2, 0) is 4.79 Å². The van der Waals surface area contributed by atoms with Crippen molar-refractivity contribution in [3.63, 3.8) is 0 Å². The molecule has 154 valence electrons. The number of hydrogen-bond donors (Lipinski definition) is 2. The van der Waals surface area contributed by atoms with E-state index < -0.39 is 11.9 Å². The molecule has 1 aliphatic rings. The number of methoxy groups -OCH3 is 2. The van der Waals surface area contributed by atoms with Crippen LogP contribution >= 0.6 is 11.6 Å². The van der Waals surface area contributed by atoms with Gasteiger partial charge in [0.2, 0.25) is 5.91 Å². The van der Waals surface area contributed by atoms with Gasteiger partial charge in [-0.15, -0.1) is 0 Å². The van der Waals surface area contributed by atoms with Gasteiger partial charge in [-0.2, -0.15) is 0 Å². The highest BCUT2D eigenvalue weighted by atomic mass is 35.5. The summed E-state index contributed by atoms with van der Waals surface area (Å²) in [5.74, 6) is -0.830. The van der Waals surface area contributed by atoms with E-state index in [1.54, 1.807) is 28.8 Å². The van der Waals surface area contributed by atoms with E-state index in [-0.39, 0.29) is 23.6 Å². The first kappa shape index (κ1) is 19.8. The predicted octanol–water partition coefficient (Wildman–Crippen LogP) is 4.32. The summed E-state index contributed by atoms with van der Waals surface area (Å²) in [4.78, 5) is 24.5. The van der Waals surface area contributed by atoms with E-state index in [1.165, 1.54) is 20.4 Å². The number of nitrogens with zero attached hydrogens (tertiary/aromatic N) is 1. The molecule has 0 unspecified atom stereocenters. The molecule has 8 heteroatoms. The Bertz CT molecular complexity index is 1150. The van der Waals surface area contributed by atoms with E-state index in [9.17, 15) is 14.7 Å². The SMILES string of the molecule is COc1cccc([C@H]2CC(=O)Nc3c(C(=O)O)cn(-c4cccc(Cl)c4)c32)c1OC. The van der Waals surface area contributed by atoms with Gasteiger partial charge >= 0.3 is 5.97 Å². The van der Waals surface area contributed by atoms with Crippen LogP contribution in [0.5, 0.6) is 11.5 Å². The van der Waals surface area contributed by atoms with Crippen LogP contribution < -0.4 is 14.8 Å². The number of amides is 1. The van der Waals surface area contributed by atoms with Gasteiger partial charge in [0.1, 0.15) is 5.56 Å². The van der Waals surface area contributed by atoms with Crippen LogP contribution in [0.25, 0.3) is 5.69 Å². The third-order valence-corrected chi connectivity index (χ3v) is 5.39. The Hall–Kier alpha value is -3.45. The van der Waals surface area contributed by atoms with E-state index in [1.807, 2.05) is 18.2 Å². The lowest BCUT2D eigenvalue weighted by molar-refractivity contribution is -0.116. The molecule has 30 heavy (non-hydrogen) atoms. The second kappa shape index (κ2) is 7.76. The van der Waals surface area contributed by atoms with E-state index in [0.29, 0.717) is 27.9 Å². The lowest BCUT2D eigenvalue weighted by atomic mass is 9.87. The number of ether oxygens (including phenoxy) is 2. The molecule has 0 radical (unpaired) electrons. The lowest BCUT2D eigenvalue weighted by Gasteiger charge is -2.27. The molecule has 3 aromatic rings. The molecule has 0 fully saturated rings. The minimum atomic E-state index is -1.13. The number of nitrogens with one attached hydrogen (secondary N) is 1. The molecule has 0 bridgehead atoms. The first-order valence-electron chi connectivity index (χ1n) is 9.19. The van der Waals surface area contributed by atoms with Crippen molar-refractivity contribution < 1.29 is 24.2 Å². The minimum Gasteiger partial charge on any atom is -0.493 e. The van der Waals surface area contributed by atoms with Crippen molar-refractivity contribution in [1.29, 1.82) is 0 Å². The van der Waals surface area contributed by atoms with Gasteiger partial charge in [0, 0.05) is 34.8 Å². The van der Waals surface area contributed by atoms with Gasteiger partial charge in [-0.05, 0) is 24.3 Å². The van der Waals surface area contributed by atoms with E-state index >= 15 is 0 Å². The maximum atomic E-state index is 12.5. The number of halogens is 1. The topological polar surface area (TPSA) is 89.8 Å². The number of aromatic carboxylic acids is 1. The standard InChI is InChI=1S/C22H19ClN2O5/c1-29-17-8-4-7-14(21(17)30-2)15-10-18(26)24-19-16(22(27)28)11-25(20(15)19)13-6-3-5-12(23)9-13/h3-9,11,15H,10H2,1-2H3,(H,24,26)(H,27,28)/t15-/m1/s1. The number of carboxylic acids is 1. The molecule has 1 amide bonds. The number of para-hydroxylation sites is 1. The van der Waals surface area contributed by atoms with Crippen molar-refractivity contribution in [3.8, 4) is 17.2 Å². The summed E-state index contributed by atoms with van der Waals surface area (Å²) < 4.78 is 12.8. The second-order valence-electron chi connectivity index (χ2n) is 6.85. The molecule has 2 heterocycles. The Morgan fingerprint density at radius 2 is 1.97 bits per heavy atom. The molecule has 0 saturated carbocycles. The summed E-state index contributed by atoms with van der Waals surface area (Å²) in [6.45, 7) is 0. The van der Waals surface area contributed by atoms with Crippen LogP contribution in [0.15, 0.2) is 48.7 Å². The smallest absolute Gasteiger partial charge is 0.339 e. The number of hydrogen-bond acceptors (Lipinski definition) is 4. The van der Waals surface area contributed by atoms with Crippen molar-refractivity contribution in [2.24, 2.45) is 0 Å². The summed E-state index contributed by atoms with van der Waals surface area (Å²) in [5, 5.41) is 13.0. The Morgan fingerprint density at radius 3 is 2.63 bits per heavy atom. The molecule has 7 nitrogen and oxygen atoms in total. The monoisotopic (exact) mass is 426 g/mol. The summed E-state index contributed by atoms with van der Waals surface area (Å²) in [6.07, 6.45) is 1.63. The Balaban J connectivity index is 2.01. The molecular formula is C22H19ClN2O5. The van der Waals surface area contributed by atoms with Crippen LogP contribution in [0.3, 0.4) is 0 Å². The fourth-order valence-corrected chi connectivity index (χ4v) is 4.10. The van der Waals surface area contributed by atoms with Crippen molar-refractivity contribution in [2.75, 3.05) is 19.5 Å². The number of anilines is 1. The summed E-state index contributed by atoms with van der Waals surface area (Å²) in [5.41, 5.74) is 2.33. The first-order chi connectivity index (χ1) is 14.4. The molecule has 0 aliphatic carbocycles. The highest BCUT2D eigenvalue weighted by Crippen LogP contribution is 2.46. The van der Waals surface area contributed by atoms with Gasteiger partial charge < -0.3 is 24.5 Å². The zero-order valence-corrected chi connectivity index (χ0v) is 17.1. The molecule has 1 aliphatic heterocycles. The van der Waals surface area contributed by atoms with E-state index in [2.05, 4.69) is 5.32 Å². The third-order valence-electron chi connectivity index (χ3n) is 5.15. The molecule has 4 rings (SSSR count). The zero-order chi connectivity index (χ0) is 21.4. The third kappa shape index (κ3) is 3.27. The van der Waals surface area contributed by atoms with Crippen molar-refractivity contribution in [3.05, 3.63) is 70.5 Å². The summed E-state index contributed by atoms with van der Waals surface area (Å²) in [6, 6.07) is 12.5. The average molecular weight is 427 g/mol. The first-order valence-corrected chi connectivity index (χ1v) is 9.57. The number of fused-ring (bicyclic) bond motifs is 1. The number of aromatic nitrogens is 1. The highest BCUT2D eigenvalue weighted by Gasteiger charge is 2.36. The van der Waals surface area contributed by atoms with Crippen molar-refractivity contribution in [1.82, 2.24) is 4.57 Å². The maximum Gasteiger partial charge on any atom is 0.339 e. The molecule has 2 N–H and O–H groups in total. The van der Waals surface area contributed by atoms with Gasteiger partial charge in [0.15, 0.2) is 11.5 Å². The van der Waals surface area contributed by atoms with Gasteiger partial charge in [0.25, 0.3) is 0 Å². The summed E-state index contributed by atoms with van der Waals surface area (Å²) >= 11 is 6.18. The average Bonchev–Trinajstić information content (AvgIpc) is 3.12. The van der Waals surface area contributed by atoms with Crippen LogP contribution in [0.1, 0.15) is 34.0 Å². The number of carbonyl (C=O) groups is 2. The number of carbonyl (C=O) groups excluding carboxylic acids is 1. The Kier molecular flexibility index (Phi) is 5.13. The Morgan fingerprint density at radius 1 is 1.20 bits per heavy atom. The zero-order valence-electron chi connectivity index (χ0n) is 16.3. The molecule has 0 saturated heterocycles. The van der Waals surface area contributed by atoms with Gasteiger partial charge in [0.05, 0.1) is 25.6 Å². The molecule has 1 atom stereocenters. The van der Waals surface area contributed by atoms with Gasteiger partial charge in [-0.1, -0.05) is 29.8 Å². The fraction of sp³-hybridized carbons (Fsp3) is 0.182. The van der Waals surface area contributed by atoms with Gasteiger partial charge in [-0.25, -0.2) is 4.79 Å². The maximum absolute atomic E-state index is 12.5. The highest BCUT2D eigenvalue weighted by molar-refractivity contribution is 6.30. The molecule has 1 aromatic heterocycles. The minimum absolute atomic E-state index is 0.00453. The van der Waals surface area contributed by atoms with Crippen LogP contribution in [-0.4, -0.2) is 35.8 Å². The second-order valence-corrected chi connectivity index (χ2v) is 7.28. The summed E-state index contributed by atoms with van der Waals surface area (Å²) in [7, 11) is 3.07. The normalized spacial score (nSPS) is 15.3. The molecular weight excluding hydrogens is 408 g/mol. The number of rotatable bonds is 5. The molecule has 2 aromatic carbocycles. The number of benzene rings is 2. The largest absolute Gasteiger partial charge is 0.493 e. The molecule has 0 spiro atoms. The van der Waals surface area contributed by atoms with Crippen molar-refractivity contribution >= 4 is 29.2 Å². The number of carboxylic acid groups (broad SMARTS) is 1. The van der Waals surface area contributed by atoms with E-state index in [0.717, 1.165) is 5.56 Å². The van der Waals surface area contributed by atoms with Crippen molar-refractivity contribution in [2.45, 2.75) is 12.3 Å². The predicted molar refractivity (Wildman–Crippen MR) is 112 cm³/mol. The lowest BCUT2D eigenvalue weighted by Crippen LogP contribution is -2.25. The van der Waals surface area contributed by atoms with E-state index in [4.69, 9.17) is 21.1 Å². The van der Waals surface area contributed by atoms with Crippen LogP contribution in [0, 0.1) is 0 Å². The quantitative estimate of drug-likeness (QED) is 0.634. The van der Waals surface area contributed by atoms with Crippen LogP contribution in [0.4, 0.5) is 5.69 Å². The van der Waals surface area contributed by atoms with Crippen LogP contribution in [0.2, 0.25) is 5.02 Å². The van der Waals surface area contributed by atoms with Gasteiger partial charge in [-0.3, -0.25) is 4.79 Å².